The molecule has 0 heterocycles. The molecule has 8 heteroatoms. The van der Waals surface area contributed by atoms with Gasteiger partial charge in [0.1, 0.15) is 5.60 Å². The molecule has 0 radical (unpaired) electrons. The van der Waals surface area contributed by atoms with Crippen LogP contribution in [0.3, 0.4) is 0 Å². The molecule has 0 aliphatic heterocycles. The molecule has 0 atom stereocenters. The first-order valence-electron chi connectivity index (χ1n) is 6.82. The average Bonchev–Trinajstić information content (AvgIpc) is 2.27. The maximum absolute atomic E-state index is 9.90. The second-order valence-corrected chi connectivity index (χ2v) is 5.14. The molecule has 0 aromatic rings. The summed E-state index contributed by atoms with van der Waals surface area (Å²) in [5, 5.41) is 31.4. The van der Waals surface area contributed by atoms with E-state index in [1.54, 1.807) is 19.9 Å². The van der Waals surface area contributed by atoms with Crippen molar-refractivity contribution < 1.29 is 34.4 Å². The maximum Gasteiger partial charge on any atom is 0.631 e. The van der Waals surface area contributed by atoms with Gasteiger partial charge in [-0.15, -0.1) is 0 Å². The summed E-state index contributed by atoms with van der Waals surface area (Å²) in [7, 11) is -2.17. The summed E-state index contributed by atoms with van der Waals surface area (Å²) in [6, 6.07) is 0. The lowest BCUT2D eigenvalue weighted by atomic mass is 9.90. The molecule has 0 aliphatic rings. The van der Waals surface area contributed by atoms with Crippen LogP contribution < -0.4 is 0 Å². The fraction of sp³-hybridized carbons (Fsp3) is 0.846. The Balaban J connectivity index is 0. The van der Waals surface area contributed by atoms with Gasteiger partial charge in [-0.25, -0.2) is 0 Å². The Bertz CT molecular complexity index is 265. The third-order valence-electron chi connectivity index (χ3n) is 2.73. The van der Waals surface area contributed by atoms with Crippen LogP contribution in [-0.4, -0.2) is 58.2 Å². The van der Waals surface area contributed by atoms with Crippen LogP contribution in [0.2, 0.25) is 0 Å². The average molecular weight is 308 g/mol. The third kappa shape index (κ3) is 12.8. The lowest BCUT2D eigenvalue weighted by Gasteiger charge is -2.36. The van der Waals surface area contributed by atoms with Crippen LogP contribution in [-0.2, 0) is 14.2 Å². The van der Waals surface area contributed by atoms with E-state index in [4.69, 9.17) is 29.3 Å². The number of hydrogen-bond donors (Lipinski definition) is 4. The summed E-state index contributed by atoms with van der Waals surface area (Å²) in [5.74, 6) is 0. The van der Waals surface area contributed by atoms with Gasteiger partial charge in [0.25, 0.3) is 0 Å². The van der Waals surface area contributed by atoms with Crippen LogP contribution in [0.1, 0.15) is 41.5 Å². The minimum Gasteiger partial charge on any atom is -0.493 e. The molecule has 0 bridgehead atoms. The molecule has 0 aliphatic carbocycles. The van der Waals surface area contributed by atoms with Crippen LogP contribution in [0.25, 0.3) is 0 Å². The third-order valence-corrected chi connectivity index (χ3v) is 2.73. The summed E-state index contributed by atoms with van der Waals surface area (Å²) in [6.07, 6.45) is 2.82. The molecule has 0 saturated carbocycles. The van der Waals surface area contributed by atoms with Crippen molar-refractivity contribution in [2.75, 3.05) is 13.2 Å². The van der Waals surface area contributed by atoms with E-state index < -0.39 is 24.8 Å². The van der Waals surface area contributed by atoms with Crippen LogP contribution in [0, 0.1) is 0 Å². The van der Waals surface area contributed by atoms with Crippen molar-refractivity contribution >= 4 is 7.32 Å². The van der Waals surface area contributed by atoms with Crippen molar-refractivity contribution in [3.8, 4) is 0 Å². The van der Waals surface area contributed by atoms with E-state index in [1.807, 2.05) is 27.7 Å². The van der Waals surface area contributed by atoms with Crippen molar-refractivity contribution in [2.45, 2.75) is 59.0 Å². The van der Waals surface area contributed by atoms with E-state index in [-0.39, 0.29) is 0 Å². The van der Waals surface area contributed by atoms with Crippen LogP contribution >= 0.6 is 0 Å². The zero-order valence-electron chi connectivity index (χ0n) is 13.7. The van der Waals surface area contributed by atoms with E-state index in [2.05, 4.69) is 0 Å². The van der Waals surface area contributed by atoms with E-state index in [9.17, 15) is 5.11 Å². The Morgan fingerprint density at radius 3 is 1.67 bits per heavy atom. The van der Waals surface area contributed by atoms with Crippen molar-refractivity contribution in [1.82, 2.24) is 0 Å². The normalized spacial score (nSPS) is 12.3. The zero-order chi connectivity index (χ0) is 17.1. The lowest BCUT2D eigenvalue weighted by Crippen LogP contribution is -2.46. The van der Waals surface area contributed by atoms with Gasteiger partial charge in [-0.1, -0.05) is 0 Å². The van der Waals surface area contributed by atoms with Crippen molar-refractivity contribution in [2.24, 2.45) is 0 Å². The highest BCUT2D eigenvalue weighted by atomic mass is 16.7. The highest BCUT2D eigenvalue weighted by Crippen LogP contribution is 2.25. The van der Waals surface area contributed by atoms with E-state index >= 15 is 0 Å². The lowest BCUT2D eigenvalue weighted by molar-refractivity contribution is -0.122. The largest absolute Gasteiger partial charge is 0.631 e. The smallest absolute Gasteiger partial charge is 0.493 e. The predicted molar refractivity (Wildman–Crippen MR) is 80.1 cm³/mol. The number of hydrogen-bond acceptors (Lipinski definition) is 7. The molecule has 0 spiro atoms. The summed E-state index contributed by atoms with van der Waals surface area (Å²) in [5.41, 5.74) is -1.60. The molecule has 126 valence electrons. The molecule has 0 rings (SSSR count). The van der Waals surface area contributed by atoms with E-state index in [1.165, 1.54) is 6.26 Å². The Morgan fingerprint density at radius 2 is 1.38 bits per heavy atom. The van der Waals surface area contributed by atoms with E-state index in [0.29, 0.717) is 13.2 Å². The summed E-state index contributed by atoms with van der Waals surface area (Å²) in [6.45, 7) is 12.0. The molecule has 0 amide bonds. The van der Waals surface area contributed by atoms with Crippen LogP contribution in [0.15, 0.2) is 12.3 Å². The fourth-order valence-electron chi connectivity index (χ4n) is 0.905. The molecule has 7 nitrogen and oxygen atoms in total. The van der Waals surface area contributed by atoms with E-state index in [0.717, 1.165) is 0 Å². The predicted octanol–water partition coefficient (Wildman–Crippen LogP) is 0.413. The highest BCUT2D eigenvalue weighted by Gasteiger charge is 2.36. The monoisotopic (exact) mass is 308 g/mol. The Hall–Kier alpha value is -0.635. The first-order chi connectivity index (χ1) is 9.47. The molecule has 0 aromatic carbocycles. The van der Waals surface area contributed by atoms with Gasteiger partial charge in [-0.05, 0) is 41.5 Å². The van der Waals surface area contributed by atoms with Gasteiger partial charge in [-0.2, -0.15) is 0 Å². The Morgan fingerprint density at radius 1 is 1.00 bits per heavy atom. The maximum atomic E-state index is 9.90. The number of ether oxygens (including phenoxy) is 3. The minimum absolute atomic E-state index is 0.400. The molecule has 0 unspecified atom stereocenters. The molecule has 4 N–H and O–H groups in total. The number of aliphatic hydroxyl groups is 1. The van der Waals surface area contributed by atoms with Gasteiger partial charge in [-0.3, -0.25) is 0 Å². The van der Waals surface area contributed by atoms with Gasteiger partial charge in [0.05, 0.1) is 11.9 Å². The van der Waals surface area contributed by atoms with Crippen LogP contribution in [0.5, 0.6) is 0 Å². The zero-order valence-corrected chi connectivity index (χ0v) is 13.7. The minimum atomic E-state index is -2.17. The second-order valence-electron chi connectivity index (χ2n) is 5.14. The first-order valence-corrected chi connectivity index (χ1v) is 6.82. The van der Waals surface area contributed by atoms with Gasteiger partial charge >= 0.3 is 7.32 Å². The second kappa shape index (κ2) is 11.0. The quantitative estimate of drug-likeness (QED) is 0.292. The van der Waals surface area contributed by atoms with Gasteiger partial charge in [0, 0.05) is 19.3 Å². The highest BCUT2D eigenvalue weighted by molar-refractivity contribution is 6.30. The SMILES string of the molecule is CCOC(C=COC(C)(C)C(C)(C)O)OCC.OB(O)O. The molecule has 0 fully saturated rings. The van der Waals surface area contributed by atoms with Crippen molar-refractivity contribution in [3.63, 3.8) is 0 Å². The van der Waals surface area contributed by atoms with Crippen LogP contribution in [0.4, 0.5) is 0 Å². The summed E-state index contributed by atoms with van der Waals surface area (Å²) in [4.78, 5) is 0. The van der Waals surface area contributed by atoms with Gasteiger partial charge in [0.15, 0.2) is 6.29 Å². The van der Waals surface area contributed by atoms with Crippen molar-refractivity contribution in [1.29, 1.82) is 0 Å². The van der Waals surface area contributed by atoms with Gasteiger partial charge < -0.3 is 34.4 Å². The fourth-order valence-corrected chi connectivity index (χ4v) is 0.905. The van der Waals surface area contributed by atoms with Gasteiger partial charge in [0.2, 0.25) is 0 Å². The standard InChI is InChI=1S/C13H26O4.BH3O3/c1-7-15-11(16-8-2)9-10-17-13(5,6)12(3,4)14;2-1(3)4/h9-11,14H,7-8H2,1-6H3;2-4H. The van der Waals surface area contributed by atoms with Crippen molar-refractivity contribution in [3.05, 3.63) is 12.3 Å². The first kappa shape index (κ1) is 22.6. The Labute approximate surface area is 127 Å². The molecule has 0 saturated heterocycles. The number of rotatable bonds is 8. The Kier molecular flexibility index (Phi) is 11.9. The summed E-state index contributed by atoms with van der Waals surface area (Å²) < 4.78 is 16.2. The molecular weight excluding hydrogens is 279 g/mol. The molecule has 0 aromatic heterocycles. The topological polar surface area (TPSA) is 109 Å². The molecular formula is C13H29BO7. The molecule has 21 heavy (non-hydrogen) atoms. The summed E-state index contributed by atoms with van der Waals surface area (Å²) >= 11 is 0.